The lowest BCUT2D eigenvalue weighted by molar-refractivity contribution is 0.0509. The molecule has 1 aromatic rings. The number of nitrogens with one attached hydrogen (secondary N) is 1. The molecule has 5 heteroatoms. The summed E-state index contributed by atoms with van der Waals surface area (Å²) < 4.78 is 10.1. The second-order valence-corrected chi connectivity index (χ2v) is 3.61. The molecular formula is C13H20ClNO3. The normalized spacial score (nSPS) is 9.44. The lowest BCUT2D eigenvalue weighted by atomic mass is 10.2. The molecule has 0 amide bonds. The maximum Gasteiger partial charge on any atom is 0.338 e. The van der Waals surface area contributed by atoms with E-state index in [0.717, 1.165) is 18.7 Å². The fourth-order valence-electron chi connectivity index (χ4n) is 1.33. The summed E-state index contributed by atoms with van der Waals surface area (Å²) in [6.45, 7) is 4.12. The zero-order chi connectivity index (χ0) is 12.5. The van der Waals surface area contributed by atoms with Crippen LogP contribution in [-0.4, -0.2) is 32.8 Å². The van der Waals surface area contributed by atoms with Crippen molar-refractivity contribution >= 4 is 18.4 Å². The third kappa shape index (κ3) is 5.89. The number of benzene rings is 1. The van der Waals surface area contributed by atoms with E-state index in [-0.39, 0.29) is 18.4 Å². The molecule has 0 saturated heterocycles. The standard InChI is InChI=1S/C13H19NO3.ClH/c1-3-8-14-9-10-17-13(15)11-4-6-12(16-2)7-5-11;/h4-7,14H,3,8-10H2,1-2H3;1H. The van der Waals surface area contributed by atoms with E-state index in [1.807, 2.05) is 0 Å². The van der Waals surface area contributed by atoms with Gasteiger partial charge in [0.05, 0.1) is 12.7 Å². The SMILES string of the molecule is CCCNCCOC(=O)c1ccc(OC)cc1.Cl. The fraction of sp³-hybridized carbons (Fsp3) is 0.462. The van der Waals surface area contributed by atoms with Crippen LogP contribution in [0.3, 0.4) is 0 Å². The van der Waals surface area contributed by atoms with Gasteiger partial charge in [0, 0.05) is 6.54 Å². The first-order valence-electron chi connectivity index (χ1n) is 5.79. The van der Waals surface area contributed by atoms with Crippen LogP contribution in [0.2, 0.25) is 0 Å². The maximum absolute atomic E-state index is 11.6. The molecule has 0 aromatic heterocycles. The molecule has 1 N–H and O–H groups in total. The number of carbonyl (C=O) groups excluding carboxylic acids is 1. The lowest BCUT2D eigenvalue weighted by Crippen LogP contribution is -2.22. The second kappa shape index (κ2) is 9.74. The highest BCUT2D eigenvalue weighted by Gasteiger charge is 2.06. The number of rotatable bonds is 7. The Hall–Kier alpha value is -1.26. The number of esters is 1. The van der Waals surface area contributed by atoms with Crippen molar-refractivity contribution in [2.75, 3.05) is 26.8 Å². The lowest BCUT2D eigenvalue weighted by Gasteiger charge is -2.06. The van der Waals surface area contributed by atoms with Crippen molar-refractivity contribution in [3.63, 3.8) is 0 Å². The van der Waals surface area contributed by atoms with Gasteiger partial charge in [0.1, 0.15) is 12.4 Å². The molecule has 0 radical (unpaired) electrons. The summed E-state index contributed by atoms with van der Waals surface area (Å²) in [6.07, 6.45) is 1.08. The van der Waals surface area contributed by atoms with Gasteiger partial charge in [-0.1, -0.05) is 6.92 Å². The molecule has 1 aromatic carbocycles. The summed E-state index contributed by atoms with van der Waals surface area (Å²) in [6, 6.07) is 6.87. The van der Waals surface area contributed by atoms with Crippen molar-refractivity contribution in [3.05, 3.63) is 29.8 Å². The van der Waals surface area contributed by atoms with Crippen molar-refractivity contribution in [1.82, 2.24) is 5.32 Å². The largest absolute Gasteiger partial charge is 0.497 e. The van der Waals surface area contributed by atoms with Crippen molar-refractivity contribution < 1.29 is 14.3 Å². The Labute approximate surface area is 114 Å². The highest BCUT2D eigenvalue weighted by atomic mass is 35.5. The van der Waals surface area contributed by atoms with Crippen LogP contribution >= 0.6 is 12.4 Å². The van der Waals surface area contributed by atoms with E-state index >= 15 is 0 Å². The third-order valence-electron chi connectivity index (χ3n) is 2.26. The molecule has 1 rings (SSSR count). The first-order chi connectivity index (χ1) is 8.27. The molecule has 0 unspecified atom stereocenters. The van der Waals surface area contributed by atoms with Crippen LogP contribution in [0.4, 0.5) is 0 Å². The molecule has 4 nitrogen and oxygen atoms in total. The van der Waals surface area contributed by atoms with E-state index in [2.05, 4.69) is 12.2 Å². The van der Waals surface area contributed by atoms with Crippen molar-refractivity contribution in [1.29, 1.82) is 0 Å². The van der Waals surface area contributed by atoms with Crippen LogP contribution < -0.4 is 10.1 Å². The average molecular weight is 274 g/mol. The van der Waals surface area contributed by atoms with Crippen LogP contribution in [-0.2, 0) is 4.74 Å². The van der Waals surface area contributed by atoms with Crippen molar-refractivity contribution in [2.24, 2.45) is 0 Å². The number of hydrogen-bond acceptors (Lipinski definition) is 4. The van der Waals surface area contributed by atoms with Gasteiger partial charge in [-0.3, -0.25) is 0 Å². The summed E-state index contributed by atoms with van der Waals surface area (Å²) in [5.74, 6) is 0.428. The summed E-state index contributed by atoms with van der Waals surface area (Å²) >= 11 is 0. The first kappa shape index (κ1) is 16.7. The van der Waals surface area contributed by atoms with Crippen LogP contribution in [0.15, 0.2) is 24.3 Å². The van der Waals surface area contributed by atoms with E-state index < -0.39 is 0 Å². The van der Waals surface area contributed by atoms with Gasteiger partial charge in [-0.05, 0) is 37.2 Å². The minimum absolute atomic E-state index is 0. The van der Waals surface area contributed by atoms with E-state index in [4.69, 9.17) is 9.47 Å². The van der Waals surface area contributed by atoms with Gasteiger partial charge in [-0.15, -0.1) is 12.4 Å². The van der Waals surface area contributed by atoms with Crippen LogP contribution in [0.5, 0.6) is 5.75 Å². The second-order valence-electron chi connectivity index (χ2n) is 3.61. The summed E-state index contributed by atoms with van der Waals surface area (Å²) in [7, 11) is 1.59. The predicted octanol–water partition coefficient (Wildman–Crippen LogP) is 2.27. The first-order valence-corrected chi connectivity index (χ1v) is 5.79. The van der Waals surface area contributed by atoms with Gasteiger partial charge in [-0.2, -0.15) is 0 Å². The summed E-state index contributed by atoms with van der Waals surface area (Å²) in [5, 5.41) is 3.16. The number of ether oxygens (including phenoxy) is 2. The highest BCUT2D eigenvalue weighted by Crippen LogP contribution is 2.11. The molecule has 102 valence electrons. The van der Waals surface area contributed by atoms with E-state index in [1.54, 1.807) is 31.4 Å². The number of hydrogen-bond donors (Lipinski definition) is 1. The van der Waals surface area contributed by atoms with Gasteiger partial charge < -0.3 is 14.8 Å². The van der Waals surface area contributed by atoms with Gasteiger partial charge >= 0.3 is 5.97 Å². The van der Waals surface area contributed by atoms with E-state index in [1.165, 1.54) is 0 Å². The fourth-order valence-corrected chi connectivity index (χ4v) is 1.33. The molecule has 18 heavy (non-hydrogen) atoms. The van der Waals surface area contributed by atoms with Crippen LogP contribution in [0, 0.1) is 0 Å². The highest BCUT2D eigenvalue weighted by molar-refractivity contribution is 5.89. The Morgan fingerprint density at radius 1 is 1.22 bits per heavy atom. The molecule has 0 spiro atoms. The molecule has 0 aliphatic heterocycles. The Kier molecular flexibility index (Phi) is 9.06. The zero-order valence-corrected chi connectivity index (χ0v) is 11.6. The molecule has 0 atom stereocenters. The molecule has 0 heterocycles. The van der Waals surface area contributed by atoms with Crippen LogP contribution in [0.1, 0.15) is 23.7 Å². The minimum atomic E-state index is -0.300. The molecule has 0 saturated carbocycles. The predicted molar refractivity (Wildman–Crippen MR) is 73.7 cm³/mol. The molecular weight excluding hydrogens is 254 g/mol. The Morgan fingerprint density at radius 3 is 2.44 bits per heavy atom. The topological polar surface area (TPSA) is 47.6 Å². The van der Waals surface area contributed by atoms with Crippen molar-refractivity contribution in [3.8, 4) is 5.75 Å². The Morgan fingerprint density at radius 2 is 1.89 bits per heavy atom. The van der Waals surface area contributed by atoms with Gasteiger partial charge in [0.2, 0.25) is 0 Å². The maximum atomic E-state index is 11.6. The number of methoxy groups -OCH3 is 1. The van der Waals surface area contributed by atoms with Crippen LogP contribution in [0.25, 0.3) is 0 Å². The summed E-state index contributed by atoms with van der Waals surface area (Å²) in [5.41, 5.74) is 0.543. The molecule has 0 bridgehead atoms. The van der Waals surface area contributed by atoms with E-state index in [0.29, 0.717) is 18.7 Å². The smallest absolute Gasteiger partial charge is 0.338 e. The molecule has 0 aliphatic carbocycles. The zero-order valence-electron chi connectivity index (χ0n) is 10.8. The molecule has 0 fully saturated rings. The van der Waals surface area contributed by atoms with Gasteiger partial charge in [0.15, 0.2) is 0 Å². The monoisotopic (exact) mass is 273 g/mol. The number of carbonyl (C=O) groups is 1. The van der Waals surface area contributed by atoms with Gasteiger partial charge in [0.25, 0.3) is 0 Å². The summed E-state index contributed by atoms with van der Waals surface area (Å²) in [4.78, 5) is 11.6. The molecule has 0 aliphatic rings. The Balaban J connectivity index is 0.00000289. The average Bonchev–Trinajstić information content (AvgIpc) is 2.38. The van der Waals surface area contributed by atoms with Gasteiger partial charge in [-0.25, -0.2) is 4.79 Å². The Bertz CT molecular complexity index is 341. The van der Waals surface area contributed by atoms with E-state index in [9.17, 15) is 4.79 Å². The number of halogens is 1. The van der Waals surface area contributed by atoms with Crippen molar-refractivity contribution in [2.45, 2.75) is 13.3 Å². The minimum Gasteiger partial charge on any atom is -0.497 e. The quantitative estimate of drug-likeness (QED) is 0.612. The third-order valence-corrected chi connectivity index (χ3v) is 2.26.